The Labute approximate surface area is 102 Å². The van der Waals surface area contributed by atoms with Gasteiger partial charge in [-0.3, -0.25) is 9.78 Å². The molecule has 6 heteroatoms. The summed E-state index contributed by atoms with van der Waals surface area (Å²) in [6.07, 6.45) is -2.98. The Kier molecular flexibility index (Phi) is 3.28. The summed E-state index contributed by atoms with van der Waals surface area (Å²) in [6, 6.07) is 2.32. The number of halogens is 3. The maximum atomic E-state index is 12.3. The van der Waals surface area contributed by atoms with Gasteiger partial charge in [-0.15, -0.1) is 0 Å². The fraction of sp³-hybridized carbons (Fsp3) is 0.500. The second-order valence-electron chi connectivity index (χ2n) is 4.17. The van der Waals surface area contributed by atoms with Crippen molar-refractivity contribution in [2.24, 2.45) is 5.92 Å². The largest absolute Gasteiger partial charge is 0.466 e. The molecular weight excluding hydrogens is 247 g/mol. The van der Waals surface area contributed by atoms with Crippen molar-refractivity contribution in [2.75, 3.05) is 6.61 Å². The van der Waals surface area contributed by atoms with Crippen molar-refractivity contribution >= 4 is 5.97 Å². The summed E-state index contributed by atoms with van der Waals surface area (Å²) in [5, 5.41) is 0. The van der Waals surface area contributed by atoms with Gasteiger partial charge in [0.1, 0.15) is 0 Å². The molecule has 0 radical (unpaired) electrons. The molecule has 98 valence electrons. The van der Waals surface area contributed by atoms with E-state index in [9.17, 15) is 18.0 Å². The third kappa shape index (κ3) is 2.63. The van der Waals surface area contributed by atoms with E-state index in [4.69, 9.17) is 4.74 Å². The molecule has 2 atom stereocenters. The minimum Gasteiger partial charge on any atom is -0.466 e. The highest BCUT2D eigenvalue weighted by Gasteiger charge is 2.46. The van der Waals surface area contributed by atoms with Gasteiger partial charge < -0.3 is 4.74 Å². The van der Waals surface area contributed by atoms with Crippen molar-refractivity contribution in [3.8, 4) is 0 Å². The van der Waals surface area contributed by atoms with E-state index in [0.717, 1.165) is 12.3 Å². The summed E-state index contributed by atoms with van der Waals surface area (Å²) in [5.74, 6) is -0.662. The third-order valence-electron chi connectivity index (χ3n) is 2.87. The number of aromatic nitrogens is 1. The fourth-order valence-electron chi connectivity index (χ4n) is 1.82. The summed E-state index contributed by atoms with van der Waals surface area (Å²) in [5.41, 5.74) is -0.263. The standard InChI is InChI=1S/C12H12F3NO2/c1-2-18-11(17)9-5-8(9)10-4-3-7(6-16-10)12(13,14)15/h3-4,6,8-9H,2,5H2,1H3/t8-,9-/m1/s1. The molecule has 0 N–H and O–H groups in total. The van der Waals surface area contributed by atoms with Crippen molar-refractivity contribution in [3.63, 3.8) is 0 Å². The van der Waals surface area contributed by atoms with E-state index < -0.39 is 11.7 Å². The van der Waals surface area contributed by atoms with Crippen LogP contribution in [0.2, 0.25) is 0 Å². The van der Waals surface area contributed by atoms with Crippen LogP contribution in [-0.2, 0) is 15.7 Å². The number of carbonyl (C=O) groups excluding carboxylic acids is 1. The number of carbonyl (C=O) groups is 1. The van der Waals surface area contributed by atoms with E-state index in [0.29, 0.717) is 18.7 Å². The molecule has 18 heavy (non-hydrogen) atoms. The van der Waals surface area contributed by atoms with Gasteiger partial charge in [0.15, 0.2) is 0 Å². The van der Waals surface area contributed by atoms with Crippen molar-refractivity contribution in [1.29, 1.82) is 0 Å². The van der Waals surface area contributed by atoms with Crippen LogP contribution >= 0.6 is 0 Å². The van der Waals surface area contributed by atoms with Crippen molar-refractivity contribution < 1.29 is 22.7 Å². The first-order valence-corrected chi connectivity index (χ1v) is 5.63. The number of rotatable bonds is 3. The van der Waals surface area contributed by atoms with Crippen LogP contribution in [0.1, 0.15) is 30.5 Å². The predicted octanol–water partition coefficient (Wildman–Crippen LogP) is 2.77. The number of hydrogen-bond donors (Lipinski definition) is 0. The average Bonchev–Trinajstić information content (AvgIpc) is 3.08. The second-order valence-corrected chi connectivity index (χ2v) is 4.17. The van der Waals surface area contributed by atoms with Crippen LogP contribution in [0, 0.1) is 5.92 Å². The lowest BCUT2D eigenvalue weighted by atomic mass is 10.2. The molecule has 0 saturated heterocycles. The molecular formula is C12H12F3NO2. The number of ether oxygens (including phenoxy) is 1. The lowest BCUT2D eigenvalue weighted by molar-refractivity contribution is -0.144. The number of hydrogen-bond acceptors (Lipinski definition) is 3. The molecule has 1 aliphatic rings. The van der Waals surface area contributed by atoms with Crippen LogP contribution in [0.15, 0.2) is 18.3 Å². The van der Waals surface area contributed by atoms with E-state index in [-0.39, 0.29) is 17.8 Å². The zero-order valence-corrected chi connectivity index (χ0v) is 9.70. The van der Waals surface area contributed by atoms with E-state index in [1.165, 1.54) is 6.07 Å². The smallest absolute Gasteiger partial charge is 0.417 e. The van der Waals surface area contributed by atoms with Crippen LogP contribution in [0.5, 0.6) is 0 Å². The molecule has 1 saturated carbocycles. The Morgan fingerprint density at radius 2 is 2.22 bits per heavy atom. The van der Waals surface area contributed by atoms with Crippen LogP contribution in [-0.4, -0.2) is 17.6 Å². The third-order valence-corrected chi connectivity index (χ3v) is 2.87. The molecule has 0 unspecified atom stereocenters. The fourth-order valence-corrected chi connectivity index (χ4v) is 1.82. The molecule has 1 aliphatic carbocycles. The Hall–Kier alpha value is -1.59. The summed E-state index contributed by atoms with van der Waals surface area (Å²) in [6.45, 7) is 2.02. The van der Waals surface area contributed by atoms with Gasteiger partial charge in [0, 0.05) is 17.8 Å². The molecule has 1 heterocycles. The Morgan fingerprint density at radius 1 is 1.50 bits per heavy atom. The van der Waals surface area contributed by atoms with E-state index >= 15 is 0 Å². The van der Waals surface area contributed by atoms with E-state index in [2.05, 4.69) is 4.98 Å². The van der Waals surface area contributed by atoms with Gasteiger partial charge in [-0.2, -0.15) is 13.2 Å². The van der Waals surface area contributed by atoms with Crippen molar-refractivity contribution in [2.45, 2.75) is 25.4 Å². The lowest BCUT2D eigenvalue weighted by Crippen LogP contribution is -2.08. The zero-order chi connectivity index (χ0) is 13.3. The Morgan fingerprint density at radius 3 is 2.72 bits per heavy atom. The summed E-state index contributed by atoms with van der Waals surface area (Å²) < 4.78 is 41.8. The molecule has 1 aromatic heterocycles. The molecule has 0 amide bonds. The van der Waals surface area contributed by atoms with Crippen LogP contribution in [0.25, 0.3) is 0 Å². The highest BCUT2D eigenvalue weighted by atomic mass is 19.4. The first-order chi connectivity index (χ1) is 8.43. The average molecular weight is 259 g/mol. The summed E-state index contributed by atoms with van der Waals surface area (Å²) in [4.78, 5) is 15.2. The van der Waals surface area contributed by atoms with E-state index in [1.807, 2.05) is 0 Å². The minimum atomic E-state index is -4.38. The zero-order valence-electron chi connectivity index (χ0n) is 9.70. The van der Waals surface area contributed by atoms with Gasteiger partial charge in [0.05, 0.1) is 18.1 Å². The predicted molar refractivity (Wildman–Crippen MR) is 56.7 cm³/mol. The van der Waals surface area contributed by atoms with Gasteiger partial charge in [-0.1, -0.05) is 0 Å². The quantitative estimate of drug-likeness (QED) is 0.783. The molecule has 3 nitrogen and oxygen atoms in total. The topological polar surface area (TPSA) is 39.2 Å². The van der Waals surface area contributed by atoms with Gasteiger partial charge in [-0.25, -0.2) is 0 Å². The highest BCUT2D eigenvalue weighted by Crippen LogP contribution is 2.47. The molecule has 0 aromatic carbocycles. The maximum Gasteiger partial charge on any atom is 0.417 e. The van der Waals surface area contributed by atoms with Gasteiger partial charge in [0.25, 0.3) is 0 Å². The SMILES string of the molecule is CCOC(=O)[C@@H]1C[C@H]1c1ccc(C(F)(F)F)cn1. The summed E-state index contributed by atoms with van der Waals surface area (Å²) >= 11 is 0. The highest BCUT2D eigenvalue weighted by molar-refractivity contribution is 5.77. The Balaban J connectivity index is 2.03. The number of pyridine rings is 1. The first-order valence-electron chi connectivity index (χ1n) is 5.63. The van der Waals surface area contributed by atoms with Crippen molar-refractivity contribution in [1.82, 2.24) is 4.98 Å². The van der Waals surface area contributed by atoms with Crippen molar-refractivity contribution in [3.05, 3.63) is 29.6 Å². The lowest BCUT2D eigenvalue weighted by Gasteiger charge is -2.06. The summed E-state index contributed by atoms with van der Waals surface area (Å²) in [7, 11) is 0. The van der Waals surface area contributed by atoms with Crippen LogP contribution in [0.3, 0.4) is 0 Å². The number of esters is 1. The van der Waals surface area contributed by atoms with Crippen LogP contribution < -0.4 is 0 Å². The van der Waals surface area contributed by atoms with Crippen LogP contribution in [0.4, 0.5) is 13.2 Å². The molecule has 0 spiro atoms. The molecule has 0 aliphatic heterocycles. The van der Waals surface area contributed by atoms with Gasteiger partial charge in [-0.05, 0) is 25.5 Å². The first kappa shape index (κ1) is 12.9. The molecule has 1 aromatic rings. The minimum absolute atomic E-state index is 0.105. The van der Waals surface area contributed by atoms with Gasteiger partial charge in [0.2, 0.25) is 0 Å². The van der Waals surface area contributed by atoms with E-state index in [1.54, 1.807) is 6.92 Å². The maximum absolute atomic E-state index is 12.3. The number of nitrogens with zero attached hydrogens (tertiary/aromatic N) is 1. The molecule has 0 bridgehead atoms. The normalized spacial score (nSPS) is 22.7. The monoisotopic (exact) mass is 259 g/mol. The molecule has 2 rings (SSSR count). The molecule has 1 fully saturated rings. The second kappa shape index (κ2) is 4.59. The Bertz CT molecular complexity index is 442. The van der Waals surface area contributed by atoms with Gasteiger partial charge >= 0.3 is 12.1 Å². The number of alkyl halides is 3.